The van der Waals surface area contributed by atoms with Gasteiger partial charge in [0.25, 0.3) is 0 Å². The van der Waals surface area contributed by atoms with Gasteiger partial charge in [-0.25, -0.2) is 4.79 Å². The van der Waals surface area contributed by atoms with E-state index in [9.17, 15) is 14.4 Å². The van der Waals surface area contributed by atoms with E-state index in [1.165, 1.54) is 6.08 Å². The first-order chi connectivity index (χ1) is 8.96. The number of rotatable bonds is 6. The summed E-state index contributed by atoms with van der Waals surface area (Å²) in [7, 11) is 0. The van der Waals surface area contributed by atoms with Crippen LogP contribution in [0.1, 0.15) is 39.5 Å². The van der Waals surface area contributed by atoms with Crippen molar-refractivity contribution in [1.29, 1.82) is 0 Å². The molecule has 0 aromatic heterocycles. The fourth-order valence-corrected chi connectivity index (χ4v) is 2.18. The molecule has 0 unspecified atom stereocenters. The highest BCUT2D eigenvalue weighted by Crippen LogP contribution is 2.33. The SMILES string of the molecule is C=CCC1(C/C(C)=C/CCC)C(=O)NC(=O)NC1=O. The summed E-state index contributed by atoms with van der Waals surface area (Å²) in [5.41, 5.74) is -0.299. The summed E-state index contributed by atoms with van der Waals surface area (Å²) in [6.45, 7) is 7.54. The molecular weight excluding hydrogens is 244 g/mol. The maximum atomic E-state index is 12.1. The third-order valence-electron chi connectivity index (χ3n) is 3.18. The molecule has 0 spiro atoms. The number of carbonyl (C=O) groups excluding carboxylic acids is 3. The first-order valence-corrected chi connectivity index (χ1v) is 6.39. The largest absolute Gasteiger partial charge is 0.328 e. The van der Waals surface area contributed by atoms with Gasteiger partial charge in [-0.1, -0.05) is 31.1 Å². The van der Waals surface area contributed by atoms with Crippen LogP contribution in [-0.4, -0.2) is 17.8 Å². The van der Waals surface area contributed by atoms with Crippen LogP contribution in [0.4, 0.5) is 4.79 Å². The molecule has 5 heteroatoms. The van der Waals surface area contributed by atoms with Gasteiger partial charge in [0.1, 0.15) is 5.41 Å². The quantitative estimate of drug-likeness (QED) is 0.569. The summed E-state index contributed by atoms with van der Waals surface area (Å²) in [5.74, 6) is -1.10. The molecule has 2 N–H and O–H groups in total. The van der Waals surface area contributed by atoms with E-state index >= 15 is 0 Å². The van der Waals surface area contributed by atoms with Gasteiger partial charge < -0.3 is 0 Å². The smallest absolute Gasteiger partial charge is 0.277 e. The number of unbranched alkanes of at least 4 members (excludes halogenated alkanes) is 1. The van der Waals surface area contributed by atoms with E-state index < -0.39 is 23.3 Å². The normalized spacial score (nSPS) is 18.8. The first kappa shape index (κ1) is 15.1. The molecule has 4 amide bonds. The molecule has 0 aromatic carbocycles. The van der Waals surface area contributed by atoms with E-state index in [-0.39, 0.29) is 6.42 Å². The van der Waals surface area contributed by atoms with Crippen LogP contribution in [0.2, 0.25) is 0 Å². The molecule has 0 aromatic rings. The number of imide groups is 2. The van der Waals surface area contributed by atoms with Crippen molar-refractivity contribution < 1.29 is 14.4 Å². The van der Waals surface area contributed by atoms with E-state index in [0.29, 0.717) is 6.42 Å². The second-order valence-corrected chi connectivity index (χ2v) is 4.83. The van der Waals surface area contributed by atoms with Crippen molar-refractivity contribution in [3.63, 3.8) is 0 Å². The van der Waals surface area contributed by atoms with Gasteiger partial charge in [-0.05, 0) is 26.2 Å². The predicted molar refractivity (Wildman–Crippen MR) is 72.2 cm³/mol. The zero-order chi connectivity index (χ0) is 14.5. The van der Waals surface area contributed by atoms with Crippen LogP contribution >= 0.6 is 0 Å². The lowest BCUT2D eigenvalue weighted by Gasteiger charge is -2.33. The maximum absolute atomic E-state index is 12.1. The number of urea groups is 1. The van der Waals surface area contributed by atoms with Gasteiger partial charge in [0.05, 0.1) is 0 Å². The Balaban J connectivity index is 3.02. The number of hydrogen-bond donors (Lipinski definition) is 2. The Morgan fingerprint density at radius 3 is 2.32 bits per heavy atom. The topological polar surface area (TPSA) is 75.3 Å². The van der Waals surface area contributed by atoms with Gasteiger partial charge in [0.15, 0.2) is 0 Å². The molecule has 0 saturated carbocycles. The maximum Gasteiger partial charge on any atom is 0.328 e. The average molecular weight is 264 g/mol. The minimum Gasteiger partial charge on any atom is -0.277 e. The number of hydrogen-bond acceptors (Lipinski definition) is 3. The summed E-state index contributed by atoms with van der Waals surface area (Å²) in [4.78, 5) is 35.3. The van der Waals surface area contributed by atoms with Gasteiger partial charge in [-0.15, -0.1) is 6.58 Å². The first-order valence-electron chi connectivity index (χ1n) is 6.39. The molecule has 1 saturated heterocycles. The van der Waals surface area contributed by atoms with Crippen molar-refractivity contribution in [2.24, 2.45) is 5.41 Å². The van der Waals surface area contributed by atoms with Gasteiger partial charge in [-0.2, -0.15) is 0 Å². The molecule has 1 heterocycles. The van der Waals surface area contributed by atoms with Crippen LogP contribution in [-0.2, 0) is 9.59 Å². The highest BCUT2D eigenvalue weighted by molar-refractivity contribution is 6.19. The molecule has 0 bridgehead atoms. The molecule has 1 rings (SSSR count). The highest BCUT2D eigenvalue weighted by Gasteiger charge is 2.49. The third kappa shape index (κ3) is 3.30. The predicted octanol–water partition coefficient (Wildman–Crippen LogP) is 2.05. The van der Waals surface area contributed by atoms with E-state index in [4.69, 9.17) is 0 Å². The van der Waals surface area contributed by atoms with Crippen molar-refractivity contribution in [3.05, 3.63) is 24.3 Å². The van der Waals surface area contributed by atoms with Crippen LogP contribution in [0.5, 0.6) is 0 Å². The van der Waals surface area contributed by atoms with Crippen LogP contribution in [0, 0.1) is 5.41 Å². The Bertz CT molecular complexity index is 418. The zero-order valence-electron chi connectivity index (χ0n) is 11.4. The zero-order valence-corrected chi connectivity index (χ0v) is 11.4. The highest BCUT2D eigenvalue weighted by atomic mass is 16.2. The number of nitrogens with one attached hydrogen (secondary N) is 2. The van der Waals surface area contributed by atoms with E-state index in [1.54, 1.807) is 0 Å². The van der Waals surface area contributed by atoms with E-state index in [2.05, 4.69) is 24.1 Å². The molecule has 104 valence electrons. The summed E-state index contributed by atoms with van der Waals surface area (Å²) >= 11 is 0. The fraction of sp³-hybridized carbons (Fsp3) is 0.500. The average Bonchev–Trinajstić information content (AvgIpc) is 2.33. The molecule has 1 fully saturated rings. The van der Waals surface area contributed by atoms with Crippen molar-refractivity contribution in [2.75, 3.05) is 0 Å². The standard InChI is InChI=1S/C14H20N2O3/c1-4-6-7-10(3)9-14(8-5-2)11(17)15-13(19)16-12(14)18/h5,7H,2,4,6,8-9H2,1,3H3,(H2,15,16,17,18,19)/b10-7+. The van der Waals surface area contributed by atoms with Crippen molar-refractivity contribution in [3.8, 4) is 0 Å². The molecular formula is C14H20N2O3. The number of barbiturate groups is 1. The Morgan fingerprint density at radius 1 is 1.26 bits per heavy atom. The van der Waals surface area contributed by atoms with Gasteiger partial charge >= 0.3 is 6.03 Å². The lowest BCUT2D eigenvalue weighted by molar-refractivity contribution is -0.144. The monoisotopic (exact) mass is 264 g/mol. The second kappa shape index (κ2) is 6.31. The number of amides is 4. The van der Waals surface area contributed by atoms with Gasteiger partial charge in [0, 0.05) is 0 Å². The molecule has 1 aliphatic heterocycles. The second-order valence-electron chi connectivity index (χ2n) is 4.83. The summed E-state index contributed by atoms with van der Waals surface area (Å²) < 4.78 is 0. The Labute approximate surface area is 113 Å². The molecule has 0 radical (unpaired) electrons. The van der Waals surface area contributed by atoms with Crippen molar-refractivity contribution in [2.45, 2.75) is 39.5 Å². The Hall–Kier alpha value is -1.91. The van der Waals surface area contributed by atoms with Gasteiger partial charge in [-0.3, -0.25) is 20.2 Å². The molecule has 0 atom stereocenters. The van der Waals surface area contributed by atoms with Crippen molar-refractivity contribution in [1.82, 2.24) is 10.6 Å². The Kier molecular flexibility index (Phi) is 5.03. The van der Waals surface area contributed by atoms with Crippen molar-refractivity contribution >= 4 is 17.8 Å². The Morgan fingerprint density at radius 2 is 1.84 bits per heavy atom. The molecule has 1 aliphatic rings. The third-order valence-corrected chi connectivity index (χ3v) is 3.18. The fourth-order valence-electron chi connectivity index (χ4n) is 2.18. The van der Waals surface area contributed by atoms with E-state index in [0.717, 1.165) is 18.4 Å². The van der Waals surface area contributed by atoms with Crippen LogP contribution < -0.4 is 10.6 Å². The molecule has 5 nitrogen and oxygen atoms in total. The minimum atomic E-state index is -1.26. The summed E-state index contributed by atoms with van der Waals surface area (Å²) in [5, 5.41) is 4.32. The molecule has 0 aliphatic carbocycles. The van der Waals surface area contributed by atoms with Crippen LogP contribution in [0.15, 0.2) is 24.3 Å². The van der Waals surface area contributed by atoms with E-state index in [1.807, 2.05) is 13.0 Å². The molecule has 19 heavy (non-hydrogen) atoms. The number of carbonyl (C=O) groups is 3. The minimum absolute atomic E-state index is 0.204. The lowest BCUT2D eigenvalue weighted by atomic mass is 9.76. The number of allylic oxidation sites excluding steroid dienone is 3. The van der Waals surface area contributed by atoms with Crippen LogP contribution in [0.25, 0.3) is 0 Å². The lowest BCUT2D eigenvalue weighted by Crippen LogP contribution is -2.62. The summed E-state index contributed by atoms with van der Waals surface area (Å²) in [6, 6.07) is -0.759. The van der Waals surface area contributed by atoms with Crippen LogP contribution in [0.3, 0.4) is 0 Å². The summed E-state index contributed by atoms with van der Waals surface area (Å²) in [6.07, 6.45) is 5.95. The van der Waals surface area contributed by atoms with Gasteiger partial charge in [0.2, 0.25) is 11.8 Å².